The zero-order valence-corrected chi connectivity index (χ0v) is 10.5. The van der Waals surface area contributed by atoms with Crippen molar-refractivity contribution < 1.29 is 4.79 Å². The number of amides is 1. The van der Waals surface area contributed by atoms with Crippen LogP contribution in [-0.2, 0) is 10.2 Å². The number of carbonyl (C=O) groups excluding carboxylic acids is 1. The molecule has 0 fully saturated rings. The summed E-state index contributed by atoms with van der Waals surface area (Å²) in [4.78, 5) is 15.9. The Labute approximate surface area is 97.3 Å². The molecule has 0 aliphatic rings. The molecule has 0 saturated heterocycles. The van der Waals surface area contributed by atoms with Gasteiger partial charge in [0.1, 0.15) is 5.82 Å². The number of rotatable bonds is 3. The van der Waals surface area contributed by atoms with E-state index in [9.17, 15) is 4.79 Å². The SMILES string of the molecule is CCCC(=O)Nc1cccc(C(C)(C)C)n1. The van der Waals surface area contributed by atoms with Crippen LogP contribution in [0.25, 0.3) is 0 Å². The van der Waals surface area contributed by atoms with Crippen LogP contribution in [0.3, 0.4) is 0 Å². The van der Waals surface area contributed by atoms with Crippen molar-refractivity contribution in [2.75, 3.05) is 5.32 Å². The fourth-order valence-electron chi connectivity index (χ4n) is 1.35. The Morgan fingerprint density at radius 1 is 1.38 bits per heavy atom. The van der Waals surface area contributed by atoms with Crippen LogP contribution >= 0.6 is 0 Å². The highest BCUT2D eigenvalue weighted by molar-refractivity contribution is 5.89. The molecule has 0 unspecified atom stereocenters. The van der Waals surface area contributed by atoms with E-state index in [1.165, 1.54) is 0 Å². The molecule has 3 heteroatoms. The van der Waals surface area contributed by atoms with Crippen LogP contribution in [0.1, 0.15) is 46.2 Å². The van der Waals surface area contributed by atoms with E-state index in [-0.39, 0.29) is 11.3 Å². The minimum Gasteiger partial charge on any atom is -0.311 e. The van der Waals surface area contributed by atoms with Gasteiger partial charge in [-0.3, -0.25) is 4.79 Å². The minimum atomic E-state index is 0.00545. The lowest BCUT2D eigenvalue weighted by molar-refractivity contribution is -0.116. The first kappa shape index (κ1) is 12.7. The van der Waals surface area contributed by atoms with Crippen molar-refractivity contribution in [2.24, 2.45) is 0 Å². The van der Waals surface area contributed by atoms with E-state index in [0.717, 1.165) is 12.1 Å². The molecule has 1 amide bonds. The zero-order valence-electron chi connectivity index (χ0n) is 10.5. The molecule has 0 saturated carbocycles. The maximum Gasteiger partial charge on any atom is 0.225 e. The van der Waals surface area contributed by atoms with Gasteiger partial charge in [0, 0.05) is 17.5 Å². The van der Waals surface area contributed by atoms with Gasteiger partial charge in [0.05, 0.1) is 0 Å². The topological polar surface area (TPSA) is 42.0 Å². The molecule has 0 bridgehead atoms. The smallest absolute Gasteiger partial charge is 0.225 e. The molecular weight excluding hydrogens is 200 g/mol. The van der Waals surface area contributed by atoms with Crippen LogP contribution < -0.4 is 5.32 Å². The second-order valence-electron chi connectivity index (χ2n) is 4.96. The van der Waals surface area contributed by atoms with Gasteiger partial charge in [0.2, 0.25) is 5.91 Å². The van der Waals surface area contributed by atoms with Crippen LogP contribution in [0, 0.1) is 0 Å². The summed E-state index contributed by atoms with van der Waals surface area (Å²) in [7, 11) is 0. The highest BCUT2D eigenvalue weighted by atomic mass is 16.1. The maximum atomic E-state index is 11.4. The molecule has 0 aliphatic carbocycles. The Morgan fingerprint density at radius 2 is 2.06 bits per heavy atom. The first-order valence-corrected chi connectivity index (χ1v) is 5.71. The van der Waals surface area contributed by atoms with Gasteiger partial charge in [0.15, 0.2) is 0 Å². The van der Waals surface area contributed by atoms with Gasteiger partial charge < -0.3 is 5.32 Å². The largest absolute Gasteiger partial charge is 0.311 e. The zero-order chi connectivity index (χ0) is 12.2. The quantitative estimate of drug-likeness (QED) is 0.850. The van der Waals surface area contributed by atoms with Crippen LogP contribution in [0.4, 0.5) is 5.82 Å². The summed E-state index contributed by atoms with van der Waals surface area (Å²) in [6.07, 6.45) is 1.40. The number of hydrogen-bond donors (Lipinski definition) is 1. The predicted molar refractivity (Wildman–Crippen MR) is 66.5 cm³/mol. The molecule has 1 rings (SSSR count). The Kier molecular flexibility index (Phi) is 4.05. The molecule has 1 N–H and O–H groups in total. The summed E-state index contributed by atoms with van der Waals surface area (Å²) >= 11 is 0. The van der Waals surface area contributed by atoms with E-state index in [0.29, 0.717) is 12.2 Å². The van der Waals surface area contributed by atoms with Crippen molar-refractivity contribution in [1.29, 1.82) is 0 Å². The number of carbonyl (C=O) groups is 1. The minimum absolute atomic E-state index is 0.00545. The van der Waals surface area contributed by atoms with Crippen molar-refractivity contribution in [3.05, 3.63) is 23.9 Å². The lowest BCUT2D eigenvalue weighted by atomic mass is 9.92. The number of hydrogen-bond acceptors (Lipinski definition) is 2. The molecular formula is C13H20N2O. The summed E-state index contributed by atoms with van der Waals surface area (Å²) in [5.74, 6) is 0.673. The summed E-state index contributed by atoms with van der Waals surface area (Å²) in [5, 5.41) is 2.81. The number of aromatic nitrogens is 1. The first-order valence-electron chi connectivity index (χ1n) is 5.71. The fraction of sp³-hybridized carbons (Fsp3) is 0.538. The average molecular weight is 220 g/mol. The van der Waals surface area contributed by atoms with Gasteiger partial charge in [-0.1, -0.05) is 33.8 Å². The third-order valence-corrected chi connectivity index (χ3v) is 2.26. The van der Waals surface area contributed by atoms with Gasteiger partial charge >= 0.3 is 0 Å². The fourth-order valence-corrected chi connectivity index (χ4v) is 1.35. The number of anilines is 1. The molecule has 1 aromatic rings. The molecule has 88 valence electrons. The van der Waals surface area contributed by atoms with Gasteiger partial charge in [-0.2, -0.15) is 0 Å². The average Bonchev–Trinajstić information content (AvgIpc) is 2.17. The Bertz CT molecular complexity index is 366. The molecule has 1 heterocycles. The van der Waals surface area contributed by atoms with E-state index >= 15 is 0 Å². The molecule has 0 spiro atoms. The standard InChI is InChI=1S/C13H20N2O/c1-5-7-12(16)15-11-9-6-8-10(14-11)13(2,3)4/h6,8-9H,5,7H2,1-4H3,(H,14,15,16). The summed E-state index contributed by atoms with van der Waals surface area (Å²) < 4.78 is 0. The Morgan fingerprint density at radius 3 is 2.62 bits per heavy atom. The van der Waals surface area contributed by atoms with Crippen molar-refractivity contribution in [2.45, 2.75) is 46.0 Å². The molecule has 1 aromatic heterocycles. The predicted octanol–water partition coefficient (Wildman–Crippen LogP) is 3.12. The first-order chi connectivity index (χ1) is 7.43. The maximum absolute atomic E-state index is 11.4. The molecule has 0 atom stereocenters. The van der Waals surface area contributed by atoms with Crippen LogP contribution in [0.15, 0.2) is 18.2 Å². The summed E-state index contributed by atoms with van der Waals surface area (Å²) in [5.41, 5.74) is 0.993. The molecule has 3 nitrogen and oxygen atoms in total. The lowest BCUT2D eigenvalue weighted by Gasteiger charge is -2.18. The summed E-state index contributed by atoms with van der Waals surface area (Å²) in [6.45, 7) is 8.30. The number of nitrogens with zero attached hydrogens (tertiary/aromatic N) is 1. The van der Waals surface area contributed by atoms with Crippen molar-refractivity contribution in [3.63, 3.8) is 0 Å². The van der Waals surface area contributed by atoms with Gasteiger partial charge in [-0.05, 0) is 18.6 Å². The Balaban J connectivity index is 2.79. The highest BCUT2D eigenvalue weighted by Gasteiger charge is 2.15. The second kappa shape index (κ2) is 5.10. The van der Waals surface area contributed by atoms with Crippen LogP contribution in [0.5, 0.6) is 0 Å². The normalized spacial score (nSPS) is 11.2. The second-order valence-corrected chi connectivity index (χ2v) is 4.96. The number of pyridine rings is 1. The molecule has 0 radical (unpaired) electrons. The monoisotopic (exact) mass is 220 g/mol. The number of nitrogens with one attached hydrogen (secondary N) is 1. The molecule has 0 aliphatic heterocycles. The Hall–Kier alpha value is -1.38. The van der Waals surface area contributed by atoms with Gasteiger partial charge in [-0.25, -0.2) is 4.98 Å². The van der Waals surface area contributed by atoms with Crippen molar-refractivity contribution in [1.82, 2.24) is 4.98 Å². The lowest BCUT2D eigenvalue weighted by Crippen LogP contribution is -2.16. The molecule has 0 aromatic carbocycles. The van der Waals surface area contributed by atoms with E-state index in [1.807, 2.05) is 25.1 Å². The highest BCUT2D eigenvalue weighted by Crippen LogP contribution is 2.21. The van der Waals surface area contributed by atoms with Gasteiger partial charge in [0.25, 0.3) is 0 Å². The van der Waals surface area contributed by atoms with E-state index in [2.05, 4.69) is 31.1 Å². The third-order valence-electron chi connectivity index (χ3n) is 2.26. The van der Waals surface area contributed by atoms with E-state index in [1.54, 1.807) is 0 Å². The molecule has 16 heavy (non-hydrogen) atoms. The van der Waals surface area contributed by atoms with Crippen molar-refractivity contribution in [3.8, 4) is 0 Å². The van der Waals surface area contributed by atoms with E-state index in [4.69, 9.17) is 0 Å². The van der Waals surface area contributed by atoms with Crippen molar-refractivity contribution >= 4 is 11.7 Å². The third kappa shape index (κ3) is 3.65. The van der Waals surface area contributed by atoms with Gasteiger partial charge in [-0.15, -0.1) is 0 Å². The van der Waals surface area contributed by atoms with Crippen LogP contribution in [-0.4, -0.2) is 10.9 Å². The van der Waals surface area contributed by atoms with Crippen LogP contribution in [0.2, 0.25) is 0 Å². The summed E-state index contributed by atoms with van der Waals surface area (Å²) in [6, 6.07) is 5.73. The van der Waals surface area contributed by atoms with E-state index < -0.39 is 0 Å².